The van der Waals surface area contributed by atoms with Crippen molar-refractivity contribution in [1.82, 2.24) is 0 Å². The number of rotatable bonds is 5. The first-order chi connectivity index (χ1) is 15.5. The largest absolute Gasteiger partial charge is 0.497 e. The van der Waals surface area contributed by atoms with Crippen molar-refractivity contribution in [2.24, 2.45) is 5.73 Å². The zero-order chi connectivity index (χ0) is 22.8. The Morgan fingerprint density at radius 2 is 1.72 bits per heavy atom. The van der Waals surface area contributed by atoms with Gasteiger partial charge in [0.15, 0.2) is 17.3 Å². The van der Waals surface area contributed by atoms with Crippen molar-refractivity contribution in [3.8, 4) is 23.3 Å². The molecule has 0 bridgehead atoms. The van der Waals surface area contributed by atoms with Gasteiger partial charge < -0.3 is 19.9 Å². The molecule has 0 saturated carbocycles. The molecule has 1 atom stereocenters. The summed E-state index contributed by atoms with van der Waals surface area (Å²) in [5, 5.41) is 10.1. The fourth-order valence-corrected chi connectivity index (χ4v) is 4.48. The molecule has 0 radical (unpaired) electrons. The van der Waals surface area contributed by atoms with Crippen LogP contribution in [0.2, 0.25) is 0 Å². The SMILES string of the molecule is COc1ccc(N2C(N)=C(C#N)[C@H](c3ccc(OC)c(OC)c3)C3=C2CCCC3=O)cc1. The number of nitrogens with zero attached hydrogens (tertiary/aromatic N) is 2. The van der Waals surface area contributed by atoms with Gasteiger partial charge in [-0.05, 0) is 54.8 Å². The van der Waals surface area contributed by atoms with Gasteiger partial charge in [-0.2, -0.15) is 5.26 Å². The second-order valence-corrected chi connectivity index (χ2v) is 7.63. The van der Waals surface area contributed by atoms with Crippen LogP contribution in [0.25, 0.3) is 0 Å². The van der Waals surface area contributed by atoms with Crippen molar-refractivity contribution in [1.29, 1.82) is 5.26 Å². The third kappa shape index (κ3) is 3.44. The van der Waals surface area contributed by atoms with Gasteiger partial charge in [-0.15, -0.1) is 0 Å². The average molecular weight is 431 g/mol. The van der Waals surface area contributed by atoms with Gasteiger partial charge in [0, 0.05) is 23.4 Å². The summed E-state index contributed by atoms with van der Waals surface area (Å²) < 4.78 is 16.1. The molecule has 2 aromatic rings. The van der Waals surface area contributed by atoms with Crippen LogP contribution >= 0.6 is 0 Å². The first-order valence-corrected chi connectivity index (χ1v) is 10.4. The predicted molar refractivity (Wildman–Crippen MR) is 120 cm³/mol. The fourth-order valence-electron chi connectivity index (χ4n) is 4.48. The minimum absolute atomic E-state index is 0.0322. The number of anilines is 1. The standard InChI is InChI=1S/C25H25N3O4/c1-30-17-10-8-16(9-11-17)28-19-5-4-6-20(29)24(19)23(18(14-26)25(28)27)15-7-12-21(31-2)22(13-15)32-3/h7-13,23H,4-6,27H2,1-3H3/t23-/m0/s1. The normalized spacial score (nSPS) is 18.2. The van der Waals surface area contributed by atoms with Gasteiger partial charge in [0.25, 0.3) is 0 Å². The van der Waals surface area contributed by atoms with E-state index in [1.807, 2.05) is 41.3 Å². The molecule has 2 N–H and O–H groups in total. The molecule has 0 fully saturated rings. The van der Waals surface area contributed by atoms with Crippen LogP contribution in [-0.2, 0) is 4.79 Å². The summed E-state index contributed by atoms with van der Waals surface area (Å²) in [6, 6.07) is 15.1. The fraction of sp³-hybridized carbons (Fsp3) is 0.280. The molecule has 0 unspecified atom stereocenters. The van der Waals surface area contributed by atoms with Gasteiger partial charge >= 0.3 is 0 Å². The van der Waals surface area contributed by atoms with E-state index >= 15 is 0 Å². The van der Waals surface area contributed by atoms with Crippen molar-refractivity contribution in [3.63, 3.8) is 0 Å². The maximum Gasteiger partial charge on any atom is 0.161 e. The highest BCUT2D eigenvalue weighted by molar-refractivity contribution is 6.01. The molecule has 7 nitrogen and oxygen atoms in total. The number of nitriles is 1. The molecule has 0 spiro atoms. The van der Waals surface area contributed by atoms with E-state index in [4.69, 9.17) is 19.9 Å². The molecule has 2 aliphatic rings. The number of hydrogen-bond donors (Lipinski definition) is 1. The maximum atomic E-state index is 13.2. The molecule has 164 valence electrons. The molecule has 0 amide bonds. The lowest BCUT2D eigenvalue weighted by molar-refractivity contribution is -0.116. The number of Topliss-reactive ketones (excluding diaryl/α,β-unsaturated/α-hetero) is 1. The number of ether oxygens (including phenoxy) is 3. The molecule has 1 aliphatic heterocycles. The van der Waals surface area contributed by atoms with Crippen LogP contribution in [0.15, 0.2) is 65.1 Å². The van der Waals surface area contributed by atoms with Crippen molar-refractivity contribution in [2.75, 3.05) is 26.2 Å². The first kappa shape index (κ1) is 21.3. The average Bonchev–Trinajstić information content (AvgIpc) is 2.83. The number of allylic oxidation sites excluding steroid dienone is 3. The van der Waals surface area contributed by atoms with Gasteiger partial charge in [-0.25, -0.2) is 0 Å². The van der Waals surface area contributed by atoms with Crippen LogP contribution < -0.4 is 24.8 Å². The van der Waals surface area contributed by atoms with Crippen molar-refractivity contribution in [2.45, 2.75) is 25.2 Å². The molecular weight excluding hydrogens is 406 g/mol. The Morgan fingerprint density at radius 3 is 2.34 bits per heavy atom. The number of carbonyl (C=O) groups is 1. The molecule has 7 heteroatoms. The van der Waals surface area contributed by atoms with E-state index in [0.717, 1.165) is 23.4 Å². The van der Waals surface area contributed by atoms with Crippen LogP contribution in [0.5, 0.6) is 17.2 Å². The van der Waals surface area contributed by atoms with E-state index in [1.54, 1.807) is 27.4 Å². The molecule has 2 aromatic carbocycles. The number of methoxy groups -OCH3 is 3. The number of ketones is 1. The number of hydrogen-bond acceptors (Lipinski definition) is 7. The summed E-state index contributed by atoms with van der Waals surface area (Å²) in [6.45, 7) is 0. The zero-order valence-corrected chi connectivity index (χ0v) is 18.3. The van der Waals surface area contributed by atoms with E-state index < -0.39 is 5.92 Å². The van der Waals surface area contributed by atoms with E-state index in [9.17, 15) is 10.1 Å². The Hall–Kier alpha value is -3.92. The van der Waals surface area contributed by atoms with Crippen molar-refractivity contribution in [3.05, 3.63) is 70.7 Å². The van der Waals surface area contributed by atoms with Crippen molar-refractivity contribution >= 4 is 11.5 Å². The molecule has 1 heterocycles. The van der Waals surface area contributed by atoms with Gasteiger partial charge in [0.05, 0.1) is 38.9 Å². The monoisotopic (exact) mass is 431 g/mol. The van der Waals surface area contributed by atoms with E-state index in [0.29, 0.717) is 47.1 Å². The van der Waals surface area contributed by atoms with Gasteiger partial charge in [-0.1, -0.05) is 6.07 Å². The Kier molecular flexibility index (Phi) is 5.78. The second-order valence-electron chi connectivity index (χ2n) is 7.63. The van der Waals surface area contributed by atoms with E-state index in [2.05, 4.69) is 6.07 Å². The predicted octanol–water partition coefficient (Wildman–Crippen LogP) is 4.02. The quantitative estimate of drug-likeness (QED) is 0.764. The van der Waals surface area contributed by atoms with E-state index in [1.165, 1.54) is 0 Å². The molecule has 0 aromatic heterocycles. The number of benzene rings is 2. The Balaban J connectivity index is 1.92. The Labute approximate surface area is 187 Å². The van der Waals surface area contributed by atoms with E-state index in [-0.39, 0.29) is 5.78 Å². The number of nitrogens with two attached hydrogens (primary N) is 1. The van der Waals surface area contributed by atoms with Gasteiger partial charge in [0.1, 0.15) is 11.6 Å². The minimum Gasteiger partial charge on any atom is -0.497 e. The summed E-state index contributed by atoms with van der Waals surface area (Å²) >= 11 is 0. The van der Waals surface area contributed by atoms with Crippen LogP contribution in [0.3, 0.4) is 0 Å². The smallest absolute Gasteiger partial charge is 0.161 e. The maximum absolute atomic E-state index is 13.2. The lowest BCUT2D eigenvalue weighted by Crippen LogP contribution is -2.38. The van der Waals surface area contributed by atoms with Crippen LogP contribution in [-0.4, -0.2) is 27.1 Å². The lowest BCUT2D eigenvalue weighted by Gasteiger charge is -2.39. The van der Waals surface area contributed by atoms with Gasteiger partial charge in [0.2, 0.25) is 0 Å². The van der Waals surface area contributed by atoms with Crippen LogP contribution in [0, 0.1) is 11.3 Å². The van der Waals surface area contributed by atoms with Crippen LogP contribution in [0.1, 0.15) is 30.7 Å². The Morgan fingerprint density at radius 1 is 1.00 bits per heavy atom. The van der Waals surface area contributed by atoms with Crippen molar-refractivity contribution < 1.29 is 19.0 Å². The summed E-state index contributed by atoms with van der Waals surface area (Å²) in [5.74, 6) is 1.62. The third-order valence-corrected chi connectivity index (χ3v) is 5.98. The highest BCUT2D eigenvalue weighted by Gasteiger charge is 2.40. The van der Waals surface area contributed by atoms with Gasteiger partial charge in [-0.3, -0.25) is 9.69 Å². The molecule has 1 aliphatic carbocycles. The summed E-state index contributed by atoms with van der Waals surface area (Å²) in [4.78, 5) is 15.0. The summed E-state index contributed by atoms with van der Waals surface area (Å²) in [5.41, 5.74) is 9.93. The zero-order valence-electron chi connectivity index (χ0n) is 18.3. The molecule has 0 saturated heterocycles. The number of carbonyl (C=O) groups excluding carboxylic acids is 1. The Bertz CT molecular complexity index is 1160. The lowest BCUT2D eigenvalue weighted by atomic mass is 9.75. The topological polar surface area (TPSA) is 97.8 Å². The highest BCUT2D eigenvalue weighted by Crippen LogP contribution is 2.47. The minimum atomic E-state index is -0.558. The molecular formula is C25H25N3O4. The summed E-state index contributed by atoms with van der Waals surface area (Å²) in [7, 11) is 4.72. The second kappa shape index (κ2) is 8.67. The van der Waals surface area contributed by atoms with Crippen LogP contribution in [0.4, 0.5) is 5.69 Å². The summed E-state index contributed by atoms with van der Waals surface area (Å²) in [6.07, 6.45) is 1.87. The molecule has 4 rings (SSSR count). The highest BCUT2D eigenvalue weighted by atomic mass is 16.5. The first-order valence-electron chi connectivity index (χ1n) is 10.4. The third-order valence-electron chi connectivity index (χ3n) is 5.98. The molecule has 32 heavy (non-hydrogen) atoms.